The zero-order chi connectivity index (χ0) is 19.0. The molecule has 4 aromatic rings. The van der Waals surface area contributed by atoms with Gasteiger partial charge in [-0.3, -0.25) is 0 Å². The third-order valence-electron chi connectivity index (χ3n) is 3.75. The Kier molecular flexibility index (Phi) is 4.22. The van der Waals surface area contributed by atoms with Crippen LogP contribution in [0.25, 0.3) is 22.8 Å². The molecule has 1 aromatic carbocycles. The van der Waals surface area contributed by atoms with Crippen molar-refractivity contribution in [3.8, 4) is 22.8 Å². The van der Waals surface area contributed by atoms with Gasteiger partial charge in [-0.25, -0.2) is 9.37 Å². The van der Waals surface area contributed by atoms with E-state index in [1.807, 2.05) is 0 Å². The van der Waals surface area contributed by atoms with Crippen molar-refractivity contribution >= 4 is 0 Å². The summed E-state index contributed by atoms with van der Waals surface area (Å²) in [6.45, 7) is 2.15. The van der Waals surface area contributed by atoms with Crippen LogP contribution < -0.4 is 0 Å². The number of nitrogens with zero attached hydrogens (tertiary/aromatic N) is 5. The van der Waals surface area contributed by atoms with Crippen molar-refractivity contribution in [2.24, 2.45) is 0 Å². The van der Waals surface area contributed by atoms with Crippen LogP contribution in [0.3, 0.4) is 0 Å². The number of hydrogen-bond acceptors (Lipinski definition) is 6. The number of aromatic nitrogens is 5. The molecule has 0 fully saturated rings. The molecule has 138 valence electrons. The Labute approximate surface area is 150 Å². The maximum atomic E-state index is 14.1. The summed E-state index contributed by atoms with van der Waals surface area (Å²) in [5.41, 5.74) is 1.28. The van der Waals surface area contributed by atoms with Crippen LogP contribution in [0, 0.1) is 12.7 Å². The van der Waals surface area contributed by atoms with Gasteiger partial charge in [0.15, 0.2) is 0 Å². The SMILES string of the molecule is Cc1cc(Cn2ccnc2-c2cc(F)cc(-c3nnc(C(F)F)o3)c2)no1. The van der Waals surface area contributed by atoms with Gasteiger partial charge in [0, 0.05) is 29.6 Å². The standard InChI is InChI=1S/C17H12F3N5O2/c1-9-4-13(24-27-9)8-25-3-2-21-15(25)10-5-11(7-12(18)6-10)16-22-23-17(26-16)14(19)20/h2-7,14H,8H2,1H3. The summed E-state index contributed by atoms with van der Waals surface area (Å²) in [5.74, 6) is -0.475. The van der Waals surface area contributed by atoms with Crippen LogP contribution in [0.15, 0.2) is 45.6 Å². The van der Waals surface area contributed by atoms with Crippen LogP contribution in [0.1, 0.15) is 23.8 Å². The lowest BCUT2D eigenvalue weighted by Gasteiger charge is -2.07. The van der Waals surface area contributed by atoms with Gasteiger partial charge in [-0.1, -0.05) is 5.16 Å². The number of rotatable bonds is 5. The van der Waals surface area contributed by atoms with Crippen molar-refractivity contribution in [3.63, 3.8) is 0 Å². The van der Waals surface area contributed by atoms with E-state index in [9.17, 15) is 13.2 Å². The van der Waals surface area contributed by atoms with Crippen LogP contribution in [0.4, 0.5) is 13.2 Å². The number of hydrogen-bond donors (Lipinski definition) is 0. The summed E-state index contributed by atoms with van der Waals surface area (Å²) in [6, 6.07) is 5.73. The molecule has 27 heavy (non-hydrogen) atoms. The van der Waals surface area contributed by atoms with E-state index in [0.717, 1.165) is 6.07 Å². The molecule has 0 bridgehead atoms. The molecule has 3 heterocycles. The number of imidazole rings is 1. The first-order valence-electron chi connectivity index (χ1n) is 7.86. The van der Waals surface area contributed by atoms with E-state index in [0.29, 0.717) is 29.4 Å². The maximum absolute atomic E-state index is 14.1. The molecular weight excluding hydrogens is 363 g/mol. The average Bonchev–Trinajstić information content (AvgIpc) is 3.35. The predicted molar refractivity (Wildman–Crippen MR) is 86.2 cm³/mol. The van der Waals surface area contributed by atoms with Crippen molar-refractivity contribution in [2.75, 3.05) is 0 Å². The second-order valence-electron chi connectivity index (χ2n) is 5.78. The van der Waals surface area contributed by atoms with E-state index >= 15 is 0 Å². The van der Waals surface area contributed by atoms with Gasteiger partial charge in [0.1, 0.15) is 23.1 Å². The maximum Gasteiger partial charge on any atom is 0.314 e. The second kappa shape index (κ2) is 6.71. The van der Waals surface area contributed by atoms with E-state index in [-0.39, 0.29) is 11.5 Å². The largest absolute Gasteiger partial charge is 0.415 e. The molecule has 0 radical (unpaired) electrons. The highest BCUT2D eigenvalue weighted by molar-refractivity contribution is 5.65. The van der Waals surface area contributed by atoms with Crippen molar-refractivity contribution in [1.82, 2.24) is 24.9 Å². The molecule has 0 saturated carbocycles. The predicted octanol–water partition coefficient (Wildman–Crippen LogP) is 4.02. The lowest BCUT2D eigenvalue weighted by molar-refractivity contribution is 0.116. The molecule has 4 rings (SSSR count). The first kappa shape index (κ1) is 17.0. The van der Waals surface area contributed by atoms with Gasteiger partial charge in [-0.2, -0.15) is 8.78 Å². The Morgan fingerprint density at radius 3 is 2.63 bits per heavy atom. The van der Waals surface area contributed by atoms with E-state index in [1.165, 1.54) is 6.07 Å². The van der Waals surface area contributed by atoms with Gasteiger partial charge >= 0.3 is 6.43 Å². The Morgan fingerprint density at radius 2 is 1.93 bits per heavy atom. The van der Waals surface area contributed by atoms with Crippen molar-refractivity contribution < 1.29 is 22.1 Å². The fourth-order valence-electron chi connectivity index (χ4n) is 2.65. The molecule has 0 amide bonds. The Balaban J connectivity index is 1.70. The zero-order valence-corrected chi connectivity index (χ0v) is 13.9. The van der Waals surface area contributed by atoms with Gasteiger partial charge < -0.3 is 13.5 Å². The minimum atomic E-state index is -2.90. The van der Waals surface area contributed by atoms with Gasteiger partial charge in [0.2, 0.25) is 5.89 Å². The normalized spacial score (nSPS) is 11.4. The van der Waals surface area contributed by atoms with Gasteiger partial charge in [-0.05, 0) is 25.1 Å². The highest BCUT2D eigenvalue weighted by Crippen LogP contribution is 2.28. The molecule has 0 aliphatic heterocycles. The van der Waals surface area contributed by atoms with E-state index in [2.05, 4.69) is 20.3 Å². The number of halogens is 3. The Morgan fingerprint density at radius 1 is 1.11 bits per heavy atom. The molecular formula is C17H12F3N5O2. The number of alkyl halides is 2. The van der Waals surface area contributed by atoms with Crippen LogP contribution >= 0.6 is 0 Å². The third-order valence-corrected chi connectivity index (χ3v) is 3.75. The molecule has 3 aromatic heterocycles. The summed E-state index contributed by atoms with van der Waals surface area (Å²) in [6.07, 6.45) is 0.379. The first-order chi connectivity index (χ1) is 13.0. The summed E-state index contributed by atoms with van der Waals surface area (Å²) < 4.78 is 51.1. The minimum absolute atomic E-state index is 0.177. The fourth-order valence-corrected chi connectivity index (χ4v) is 2.65. The topological polar surface area (TPSA) is 82.8 Å². The van der Waals surface area contributed by atoms with Crippen molar-refractivity contribution in [2.45, 2.75) is 19.9 Å². The van der Waals surface area contributed by atoms with Crippen LogP contribution in [-0.2, 0) is 6.54 Å². The van der Waals surface area contributed by atoms with E-state index < -0.39 is 18.1 Å². The van der Waals surface area contributed by atoms with Crippen LogP contribution in [-0.4, -0.2) is 24.9 Å². The number of benzene rings is 1. The summed E-state index contributed by atoms with van der Waals surface area (Å²) in [5, 5.41) is 10.7. The molecule has 0 N–H and O–H groups in total. The molecule has 0 unspecified atom stereocenters. The zero-order valence-electron chi connectivity index (χ0n) is 13.9. The van der Waals surface area contributed by atoms with Crippen LogP contribution in [0.2, 0.25) is 0 Å². The second-order valence-corrected chi connectivity index (χ2v) is 5.78. The molecule has 0 atom stereocenters. The van der Waals surface area contributed by atoms with Crippen molar-refractivity contribution in [1.29, 1.82) is 0 Å². The highest BCUT2D eigenvalue weighted by Gasteiger charge is 2.19. The molecule has 0 aliphatic carbocycles. The lowest BCUT2D eigenvalue weighted by atomic mass is 10.1. The highest BCUT2D eigenvalue weighted by atomic mass is 19.3. The molecule has 0 saturated heterocycles. The van der Waals surface area contributed by atoms with Gasteiger partial charge in [-0.15, -0.1) is 10.2 Å². The molecule has 10 heteroatoms. The average molecular weight is 375 g/mol. The Hall–Kier alpha value is -3.43. The fraction of sp³-hybridized carbons (Fsp3) is 0.176. The molecule has 7 nitrogen and oxygen atoms in total. The van der Waals surface area contributed by atoms with Gasteiger partial charge in [0.25, 0.3) is 5.89 Å². The quantitative estimate of drug-likeness (QED) is 0.524. The minimum Gasteiger partial charge on any atom is -0.415 e. The summed E-state index contributed by atoms with van der Waals surface area (Å²) in [7, 11) is 0. The monoisotopic (exact) mass is 375 g/mol. The van der Waals surface area contributed by atoms with E-state index in [1.54, 1.807) is 36.0 Å². The smallest absolute Gasteiger partial charge is 0.314 e. The third kappa shape index (κ3) is 3.46. The van der Waals surface area contributed by atoms with Crippen molar-refractivity contribution in [3.05, 3.63) is 59.8 Å². The summed E-state index contributed by atoms with van der Waals surface area (Å²) in [4.78, 5) is 4.25. The van der Waals surface area contributed by atoms with Gasteiger partial charge in [0.05, 0.1) is 6.54 Å². The molecule has 0 spiro atoms. The van der Waals surface area contributed by atoms with Crippen LogP contribution in [0.5, 0.6) is 0 Å². The lowest BCUT2D eigenvalue weighted by Crippen LogP contribution is -2.01. The van der Waals surface area contributed by atoms with E-state index in [4.69, 9.17) is 8.94 Å². The Bertz CT molecular complexity index is 1090. The number of aryl methyl sites for hydroxylation is 1. The molecule has 0 aliphatic rings. The summed E-state index contributed by atoms with van der Waals surface area (Å²) >= 11 is 0. The first-order valence-corrected chi connectivity index (χ1v) is 7.86.